The maximum Gasteiger partial charge on any atom is 0.193 e. The zero-order valence-electron chi connectivity index (χ0n) is 15.5. The molecule has 0 atom stereocenters. The number of halogens is 1. The summed E-state index contributed by atoms with van der Waals surface area (Å²) < 4.78 is 2.39. The van der Waals surface area contributed by atoms with E-state index in [0.717, 1.165) is 49.1 Å². The molecule has 138 valence electrons. The largest absolute Gasteiger partial charge is 0.356 e. The van der Waals surface area contributed by atoms with E-state index < -0.39 is 0 Å². The van der Waals surface area contributed by atoms with Crippen LogP contribution in [0.5, 0.6) is 0 Å². The fraction of sp³-hybridized carbons (Fsp3) is 0.556. The molecule has 3 heterocycles. The number of thioether (sulfide) groups is 1. The van der Waals surface area contributed by atoms with E-state index >= 15 is 0 Å². The minimum atomic E-state index is 0. The van der Waals surface area contributed by atoms with Gasteiger partial charge in [-0.1, -0.05) is 6.07 Å². The third-order valence-electron chi connectivity index (χ3n) is 4.33. The molecule has 0 unspecified atom stereocenters. The number of hydrogen-bond acceptors (Lipinski definition) is 3. The van der Waals surface area contributed by atoms with Gasteiger partial charge in [-0.3, -0.25) is 4.99 Å². The van der Waals surface area contributed by atoms with Gasteiger partial charge in [-0.15, -0.1) is 24.0 Å². The van der Waals surface area contributed by atoms with E-state index in [1.54, 1.807) is 0 Å². The Bertz CT molecular complexity index is 740. The summed E-state index contributed by atoms with van der Waals surface area (Å²) in [4.78, 5) is 11.6. The van der Waals surface area contributed by atoms with Crippen molar-refractivity contribution in [1.29, 1.82) is 0 Å². The molecule has 3 rings (SSSR count). The summed E-state index contributed by atoms with van der Waals surface area (Å²) in [5.41, 5.74) is 3.37. The lowest BCUT2D eigenvalue weighted by Gasteiger charge is -2.39. The van der Waals surface area contributed by atoms with Crippen molar-refractivity contribution in [2.24, 2.45) is 4.99 Å². The lowest BCUT2D eigenvalue weighted by atomic mass is 10.2. The number of nitrogens with one attached hydrogen (secondary N) is 1. The maximum atomic E-state index is 4.74. The highest BCUT2D eigenvalue weighted by molar-refractivity contribution is 14.0. The van der Waals surface area contributed by atoms with Crippen LogP contribution in [0, 0.1) is 6.92 Å². The standard InChI is InChI=1S/C18H27N5S.HI/c1-14-6-5-9-22-12-15(21-16(14)22)7-8-20-17(19-4)23-10-11-24-18(2,3)13-23;/h5-6,9,12H,7-8,10-11,13H2,1-4H3,(H,19,20);1H. The van der Waals surface area contributed by atoms with Crippen LogP contribution < -0.4 is 5.32 Å². The number of nitrogens with zero attached hydrogens (tertiary/aromatic N) is 4. The molecule has 0 aliphatic carbocycles. The predicted molar refractivity (Wildman–Crippen MR) is 119 cm³/mol. The molecule has 0 bridgehead atoms. The molecular formula is C18H28IN5S. The summed E-state index contributed by atoms with van der Waals surface area (Å²) in [5, 5.41) is 3.50. The van der Waals surface area contributed by atoms with Gasteiger partial charge in [0.15, 0.2) is 5.96 Å². The van der Waals surface area contributed by atoms with Gasteiger partial charge in [0.05, 0.1) is 5.69 Å². The molecule has 2 aromatic heterocycles. The fourth-order valence-electron chi connectivity index (χ4n) is 3.16. The van der Waals surface area contributed by atoms with E-state index in [4.69, 9.17) is 4.98 Å². The van der Waals surface area contributed by atoms with Crippen molar-refractivity contribution >= 4 is 47.3 Å². The van der Waals surface area contributed by atoms with E-state index in [2.05, 4.69) is 64.9 Å². The SMILES string of the molecule is CN=C(NCCc1cn2cccc(C)c2n1)N1CCSC(C)(C)C1.I. The third-order valence-corrected chi connectivity index (χ3v) is 5.63. The number of aromatic nitrogens is 2. The molecule has 0 radical (unpaired) electrons. The first kappa shape index (κ1) is 20.4. The van der Waals surface area contributed by atoms with E-state index in [1.807, 2.05) is 18.8 Å². The van der Waals surface area contributed by atoms with Gasteiger partial charge >= 0.3 is 0 Å². The van der Waals surface area contributed by atoms with Crippen LogP contribution in [-0.2, 0) is 6.42 Å². The van der Waals surface area contributed by atoms with Crippen LogP contribution in [-0.4, -0.2) is 57.4 Å². The summed E-state index contributed by atoms with van der Waals surface area (Å²) in [7, 11) is 1.87. The van der Waals surface area contributed by atoms with Gasteiger partial charge in [0.2, 0.25) is 0 Å². The molecule has 0 amide bonds. The Morgan fingerprint density at radius 1 is 1.44 bits per heavy atom. The van der Waals surface area contributed by atoms with Crippen LogP contribution in [0.3, 0.4) is 0 Å². The lowest BCUT2D eigenvalue weighted by Crippen LogP contribution is -2.51. The zero-order chi connectivity index (χ0) is 17.2. The Hall–Kier alpha value is -0.960. The van der Waals surface area contributed by atoms with Crippen molar-refractivity contribution in [1.82, 2.24) is 19.6 Å². The van der Waals surface area contributed by atoms with Crippen LogP contribution in [0.25, 0.3) is 5.65 Å². The van der Waals surface area contributed by atoms with Crippen molar-refractivity contribution in [3.63, 3.8) is 0 Å². The summed E-state index contributed by atoms with van der Waals surface area (Å²) in [6.45, 7) is 9.64. The van der Waals surface area contributed by atoms with Gasteiger partial charge < -0.3 is 14.6 Å². The second-order valence-corrected chi connectivity index (χ2v) is 8.71. The smallest absolute Gasteiger partial charge is 0.193 e. The topological polar surface area (TPSA) is 44.9 Å². The molecule has 0 saturated carbocycles. The third kappa shape index (κ3) is 5.03. The van der Waals surface area contributed by atoms with Crippen LogP contribution in [0.2, 0.25) is 0 Å². The van der Waals surface area contributed by atoms with Gasteiger partial charge in [0.1, 0.15) is 5.65 Å². The van der Waals surface area contributed by atoms with Crippen LogP contribution >= 0.6 is 35.7 Å². The maximum absolute atomic E-state index is 4.74. The molecule has 1 aliphatic rings. The highest BCUT2D eigenvalue weighted by Crippen LogP contribution is 2.29. The van der Waals surface area contributed by atoms with Gasteiger partial charge in [0.25, 0.3) is 0 Å². The molecule has 1 fully saturated rings. The van der Waals surface area contributed by atoms with E-state index in [1.165, 1.54) is 5.56 Å². The molecule has 7 heteroatoms. The molecule has 1 N–H and O–H groups in total. The van der Waals surface area contributed by atoms with Gasteiger partial charge in [0, 0.05) is 56.0 Å². The van der Waals surface area contributed by atoms with Crippen molar-refractivity contribution in [2.75, 3.05) is 32.4 Å². The average molecular weight is 473 g/mol. The van der Waals surface area contributed by atoms with Gasteiger partial charge in [-0.25, -0.2) is 4.98 Å². The van der Waals surface area contributed by atoms with Crippen LogP contribution in [0.4, 0.5) is 0 Å². The van der Waals surface area contributed by atoms with E-state index in [0.29, 0.717) is 0 Å². The first-order chi connectivity index (χ1) is 11.5. The van der Waals surface area contributed by atoms with Crippen LogP contribution in [0.15, 0.2) is 29.5 Å². The summed E-state index contributed by atoms with van der Waals surface area (Å²) in [6.07, 6.45) is 5.07. The predicted octanol–water partition coefficient (Wildman–Crippen LogP) is 3.21. The quantitative estimate of drug-likeness (QED) is 0.423. The molecule has 2 aromatic rings. The summed E-state index contributed by atoms with van der Waals surface area (Å²) in [5.74, 6) is 2.16. The Balaban J connectivity index is 0.00000225. The van der Waals surface area contributed by atoms with Crippen molar-refractivity contribution < 1.29 is 0 Å². The average Bonchev–Trinajstić information content (AvgIpc) is 2.95. The molecular weight excluding hydrogens is 445 g/mol. The second kappa shape index (κ2) is 8.62. The summed E-state index contributed by atoms with van der Waals surface area (Å²) in [6, 6.07) is 4.16. The zero-order valence-corrected chi connectivity index (χ0v) is 18.6. The Labute approximate surface area is 171 Å². The second-order valence-electron chi connectivity index (χ2n) is 6.91. The normalized spacial score (nSPS) is 17.4. The number of hydrogen-bond donors (Lipinski definition) is 1. The summed E-state index contributed by atoms with van der Waals surface area (Å²) >= 11 is 2.04. The Morgan fingerprint density at radius 3 is 2.92 bits per heavy atom. The Morgan fingerprint density at radius 2 is 2.24 bits per heavy atom. The number of imidazole rings is 1. The lowest BCUT2D eigenvalue weighted by molar-refractivity contribution is 0.376. The molecule has 0 aromatic carbocycles. The first-order valence-electron chi connectivity index (χ1n) is 8.51. The Kier molecular flexibility index (Phi) is 7.01. The van der Waals surface area contributed by atoms with Crippen LogP contribution in [0.1, 0.15) is 25.1 Å². The minimum absolute atomic E-state index is 0. The van der Waals surface area contributed by atoms with Crippen molar-refractivity contribution in [3.05, 3.63) is 35.8 Å². The molecule has 1 aliphatic heterocycles. The molecule has 25 heavy (non-hydrogen) atoms. The number of pyridine rings is 1. The number of aliphatic imine (C=N–C) groups is 1. The van der Waals surface area contributed by atoms with E-state index in [-0.39, 0.29) is 28.7 Å². The number of rotatable bonds is 3. The van der Waals surface area contributed by atoms with Gasteiger partial charge in [-0.2, -0.15) is 11.8 Å². The fourth-order valence-corrected chi connectivity index (χ4v) is 4.27. The molecule has 5 nitrogen and oxygen atoms in total. The minimum Gasteiger partial charge on any atom is -0.356 e. The van der Waals surface area contributed by atoms with Gasteiger partial charge in [-0.05, 0) is 32.4 Å². The molecule has 1 saturated heterocycles. The number of aryl methyl sites for hydroxylation is 1. The van der Waals surface area contributed by atoms with E-state index in [9.17, 15) is 0 Å². The monoisotopic (exact) mass is 473 g/mol. The highest BCUT2D eigenvalue weighted by Gasteiger charge is 2.28. The highest BCUT2D eigenvalue weighted by atomic mass is 127. The molecule has 0 spiro atoms. The number of fused-ring (bicyclic) bond motifs is 1. The van der Waals surface area contributed by atoms with Crippen molar-refractivity contribution in [2.45, 2.75) is 31.9 Å². The first-order valence-corrected chi connectivity index (χ1v) is 9.50. The number of guanidine groups is 1. The van der Waals surface area contributed by atoms with Crippen molar-refractivity contribution in [3.8, 4) is 0 Å².